The van der Waals surface area contributed by atoms with Gasteiger partial charge < -0.3 is 15.4 Å². The van der Waals surface area contributed by atoms with Crippen LogP contribution in [0, 0.1) is 6.92 Å². The summed E-state index contributed by atoms with van der Waals surface area (Å²) in [6, 6.07) is 8.62. The van der Waals surface area contributed by atoms with Crippen LogP contribution >= 0.6 is 0 Å². The first-order valence-electron chi connectivity index (χ1n) is 6.67. The van der Waals surface area contributed by atoms with Gasteiger partial charge in [-0.25, -0.2) is 0 Å². The smallest absolute Gasteiger partial charge is 0.191 e. The predicted octanol–water partition coefficient (Wildman–Crippen LogP) is 1.91. The third kappa shape index (κ3) is 5.75. The number of hydrogen-bond acceptors (Lipinski definition) is 2. The van der Waals surface area contributed by atoms with Gasteiger partial charge in [-0.15, -0.1) is 0 Å². The van der Waals surface area contributed by atoms with Gasteiger partial charge in [0.05, 0.1) is 6.61 Å². The fourth-order valence-electron chi connectivity index (χ4n) is 1.84. The van der Waals surface area contributed by atoms with Crippen molar-refractivity contribution in [2.45, 2.75) is 19.8 Å². The molecule has 4 nitrogen and oxygen atoms in total. The maximum Gasteiger partial charge on any atom is 0.191 e. The summed E-state index contributed by atoms with van der Waals surface area (Å²) < 4.78 is 5.00. The second-order valence-corrected chi connectivity index (χ2v) is 4.69. The first-order valence-corrected chi connectivity index (χ1v) is 6.67. The number of benzene rings is 1. The van der Waals surface area contributed by atoms with Crippen molar-refractivity contribution >= 4 is 5.96 Å². The molecule has 1 atom stereocenters. The van der Waals surface area contributed by atoms with Gasteiger partial charge in [0.2, 0.25) is 0 Å². The largest absolute Gasteiger partial charge is 0.383 e. The highest BCUT2D eigenvalue weighted by atomic mass is 16.5. The summed E-state index contributed by atoms with van der Waals surface area (Å²) in [5, 5.41) is 6.53. The topological polar surface area (TPSA) is 45.7 Å². The van der Waals surface area contributed by atoms with Crippen LogP contribution < -0.4 is 10.6 Å². The van der Waals surface area contributed by atoms with E-state index in [-0.39, 0.29) is 0 Å². The lowest BCUT2D eigenvalue weighted by molar-refractivity contribution is 0.203. The van der Waals surface area contributed by atoms with E-state index in [2.05, 4.69) is 53.7 Å². The third-order valence-electron chi connectivity index (χ3n) is 3.01. The van der Waals surface area contributed by atoms with E-state index in [4.69, 9.17) is 4.74 Å². The van der Waals surface area contributed by atoms with Gasteiger partial charge in [0.15, 0.2) is 5.96 Å². The molecule has 0 fully saturated rings. The van der Waals surface area contributed by atoms with Gasteiger partial charge in [-0.2, -0.15) is 0 Å². The minimum absolute atomic E-state index is 0.445. The van der Waals surface area contributed by atoms with Crippen LogP contribution in [0.5, 0.6) is 0 Å². The normalized spacial score (nSPS) is 13.2. The monoisotopic (exact) mass is 263 g/mol. The molecule has 0 aliphatic rings. The van der Waals surface area contributed by atoms with Gasteiger partial charge in [-0.1, -0.05) is 36.8 Å². The average Bonchev–Trinajstić information content (AvgIpc) is 2.42. The molecular formula is C15H25N3O. The molecule has 0 amide bonds. The molecule has 19 heavy (non-hydrogen) atoms. The molecule has 1 unspecified atom stereocenters. The van der Waals surface area contributed by atoms with E-state index in [9.17, 15) is 0 Å². The Labute approximate surface area is 116 Å². The lowest BCUT2D eigenvalue weighted by Crippen LogP contribution is -2.40. The van der Waals surface area contributed by atoms with Crippen molar-refractivity contribution in [3.8, 4) is 0 Å². The van der Waals surface area contributed by atoms with E-state index in [1.54, 1.807) is 14.2 Å². The van der Waals surface area contributed by atoms with E-state index >= 15 is 0 Å². The van der Waals surface area contributed by atoms with Gasteiger partial charge >= 0.3 is 0 Å². The Balaban J connectivity index is 2.42. The molecule has 4 heteroatoms. The van der Waals surface area contributed by atoms with Gasteiger partial charge in [0.25, 0.3) is 0 Å². The van der Waals surface area contributed by atoms with Gasteiger partial charge in [-0.3, -0.25) is 4.99 Å². The third-order valence-corrected chi connectivity index (χ3v) is 3.01. The highest BCUT2D eigenvalue weighted by Gasteiger charge is 2.06. The van der Waals surface area contributed by atoms with E-state index in [0.29, 0.717) is 12.5 Å². The first kappa shape index (κ1) is 15.5. The van der Waals surface area contributed by atoms with Crippen LogP contribution in [-0.4, -0.2) is 39.8 Å². The lowest BCUT2D eigenvalue weighted by atomic mass is 9.99. The number of rotatable bonds is 6. The molecule has 106 valence electrons. The Bertz CT molecular complexity index is 404. The summed E-state index contributed by atoms with van der Waals surface area (Å²) in [5.41, 5.74) is 2.65. The molecule has 1 aromatic rings. The summed E-state index contributed by atoms with van der Waals surface area (Å²) in [7, 11) is 3.47. The SMILES string of the molecule is CN=C(NCCOC)NCC(C)c1cccc(C)c1. The Hall–Kier alpha value is -1.55. The molecule has 0 aliphatic carbocycles. The molecule has 1 rings (SSSR count). The molecule has 0 aromatic heterocycles. The lowest BCUT2D eigenvalue weighted by Gasteiger charge is -2.16. The van der Waals surface area contributed by atoms with Crippen LogP contribution in [0.4, 0.5) is 0 Å². The van der Waals surface area contributed by atoms with Crippen molar-refractivity contribution in [1.29, 1.82) is 0 Å². The number of aliphatic imine (C=N–C) groups is 1. The quantitative estimate of drug-likeness (QED) is 0.468. The second-order valence-electron chi connectivity index (χ2n) is 4.69. The Morgan fingerprint density at radius 1 is 1.37 bits per heavy atom. The maximum absolute atomic E-state index is 5.00. The van der Waals surface area contributed by atoms with E-state index in [0.717, 1.165) is 19.0 Å². The predicted molar refractivity (Wildman–Crippen MR) is 80.8 cm³/mol. The zero-order chi connectivity index (χ0) is 14.1. The summed E-state index contributed by atoms with van der Waals surface area (Å²) in [6.07, 6.45) is 0. The van der Waals surface area contributed by atoms with Crippen LogP contribution in [-0.2, 0) is 4.74 Å². The van der Waals surface area contributed by atoms with Crippen molar-refractivity contribution in [1.82, 2.24) is 10.6 Å². The standard InChI is InChI=1S/C15H25N3O/c1-12-6-5-7-14(10-12)13(2)11-18-15(16-3)17-8-9-19-4/h5-7,10,13H,8-9,11H2,1-4H3,(H2,16,17,18). The van der Waals surface area contributed by atoms with Crippen LogP contribution in [0.3, 0.4) is 0 Å². The fraction of sp³-hybridized carbons (Fsp3) is 0.533. The Morgan fingerprint density at radius 2 is 2.16 bits per heavy atom. The van der Waals surface area contributed by atoms with Gasteiger partial charge in [-0.05, 0) is 18.4 Å². The Kier molecular flexibility index (Phi) is 6.97. The summed E-state index contributed by atoms with van der Waals surface area (Å²) in [4.78, 5) is 4.18. The van der Waals surface area contributed by atoms with E-state index in [1.165, 1.54) is 11.1 Å². The van der Waals surface area contributed by atoms with Crippen LogP contribution in [0.2, 0.25) is 0 Å². The van der Waals surface area contributed by atoms with Crippen molar-refractivity contribution in [2.24, 2.45) is 4.99 Å². The number of nitrogens with zero attached hydrogens (tertiary/aromatic N) is 1. The summed E-state index contributed by atoms with van der Waals surface area (Å²) in [5.74, 6) is 1.26. The summed E-state index contributed by atoms with van der Waals surface area (Å²) >= 11 is 0. The highest BCUT2D eigenvalue weighted by molar-refractivity contribution is 5.79. The zero-order valence-electron chi connectivity index (χ0n) is 12.4. The Morgan fingerprint density at radius 3 is 2.79 bits per heavy atom. The van der Waals surface area contributed by atoms with E-state index < -0.39 is 0 Å². The van der Waals surface area contributed by atoms with Crippen molar-refractivity contribution in [3.05, 3.63) is 35.4 Å². The van der Waals surface area contributed by atoms with Crippen molar-refractivity contribution < 1.29 is 4.74 Å². The van der Waals surface area contributed by atoms with Gasteiger partial charge in [0, 0.05) is 27.2 Å². The molecule has 0 radical (unpaired) electrons. The number of methoxy groups -OCH3 is 1. The fourth-order valence-corrected chi connectivity index (χ4v) is 1.84. The maximum atomic E-state index is 5.00. The highest BCUT2D eigenvalue weighted by Crippen LogP contribution is 2.15. The van der Waals surface area contributed by atoms with Crippen LogP contribution in [0.25, 0.3) is 0 Å². The molecule has 1 aromatic carbocycles. The van der Waals surface area contributed by atoms with Gasteiger partial charge in [0.1, 0.15) is 0 Å². The molecule has 2 N–H and O–H groups in total. The van der Waals surface area contributed by atoms with Crippen LogP contribution in [0.1, 0.15) is 24.0 Å². The molecule has 0 aliphatic heterocycles. The number of hydrogen-bond donors (Lipinski definition) is 2. The first-order chi connectivity index (χ1) is 9.17. The zero-order valence-corrected chi connectivity index (χ0v) is 12.4. The molecular weight excluding hydrogens is 238 g/mol. The average molecular weight is 263 g/mol. The molecule has 0 saturated heterocycles. The number of ether oxygens (including phenoxy) is 1. The van der Waals surface area contributed by atoms with Crippen molar-refractivity contribution in [2.75, 3.05) is 33.9 Å². The molecule has 0 spiro atoms. The van der Waals surface area contributed by atoms with Crippen molar-refractivity contribution in [3.63, 3.8) is 0 Å². The van der Waals surface area contributed by atoms with E-state index in [1.807, 2.05) is 0 Å². The number of aryl methyl sites for hydroxylation is 1. The molecule has 0 heterocycles. The number of guanidine groups is 1. The van der Waals surface area contributed by atoms with Crippen LogP contribution in [0.15, 0.2) is 29.3 Å². The minimum Gasteiger partial charge on any atom is -0.383 e. The summed E-state index contributed by atoms with van der Waals surface area (Å²) in [6.45, 7) is 6.62. The number of nitrogens with one attached hydrogen (secondary N) is 2. The second kappa shape index (κ2) is 8.53. The molecule has 0 bridgehead atoms. The minimum atomic E-state index is 0.445. The molecule has 0 saturated carbocycles.